The van der Waals surface area contributed by atoms with Gasteiger partial charge in [-0.05, 0) is 36.4 Å². The van der Waals surface area contributed by atoms with E-state index in [1.165, 1.54) is 18.2 Å². The normalized spacial score (nSPS) is 22.2. The van der Waals surface area contributed by atoms with E-state index in [2.05, 4.69) is 0 Å². The summed E-state index contributed by atoms with van der Waals surface area (Å²) in [6.45, 7) is 0. The first-order valence-electron chi connectivity index (χ1n) is 7.58. The number of benzene rings is 2. The molecule has 0 amide bonds. The van der Waals surface area contributed by atoms with Crippen LogP contribution in [-0.2, 0) is 19.9 Å². The number of aromatic hydroxyl groups is 1. The molecule has 1 aliphatic heterocycles. The molecule has 0 bridgehead atoms. The van der Waals surface area contributed by atoms with Crippen molar-refractivity contribution in [1.82, 2.24) is 0 Å². The molecule has 0 saturated carbocycles. The Kier molecular flexibility index (Phi) is 4.67. The van der Waals surface area contributed by atoms with Crippen molar-refractivity contribution in [2.75, 3.05) is 15.8 Å². The molecule has 2 atom stereocenters. The van der Waals surface area contributed by atoms with Crippen LogP contribution in [0, 0.1) is 5.82 Å². The van der Waals surface area contributed by atoms with Gasteiger partial charge in [0.2, 0.25) is 0 Å². The Morgan fingerprint density at radius 3 is 2.27 bits per heavy atom. The second-order valence-electron chi connectivity index (χ2n) is 5.99. The van der Waals surface area contributed by atoms with E-state index in [4.69, 9.17) is 0 Å². The molecule has 3 rings (SSSR count). The summed E-state index contributed by atoms with van der Waals surface area (Å²) in [6.07, 6.45) is -1.43. The molecule has 2 aromatic carbocycles. The summed E-state index contributed by atoms with van der Waals surface area (Å²) in [5, 5.41) is 19.9. The van der Waals surface area contributed by atoms with Gasteiger partial charge in [-0.1, -0.05) is 6.07 Å². The van der Waals surface area contributed by atoms with Gasteiger partial charge in [0, 0.05) is 6.07 Å². The zero-order valence-electron chi connectivity index (χ0n) is 13.4. The number of aliphatic hydroxyl groups is 1. The van der Waals surface area contributed by atoms with E-state index in [0.717, 1.165) is 34.6 Å². The number of hydrogen-bond acceptors (Lipinski definition) is 6. The number of nitrogens with zero attached hydrogens (tertiary/aromatic N) is 1. The Morgan fingerprint density at radius 2 is 1.73 bits per heavy atom. The fourth-order valence-corrected chi connectivity index (χ4v) is 6.43. The van der Waals surface area contributed by atoms with Crippen molar-refractivity contribution in [3.63, 3.8) is 0 Å². The SMILES string of the molecule is O=S1(=O)C[C@@H](N(c2cccc(O)c2)S(=O)(=O)c2ccc(F)cc2)[C@@H](O)C1. The minimum Gasteiger partial charge on any atom is -0.508 e. The molecule has 7 nitrogen and oxygen atoms in total. The number of halogens is 1. The van der Waals surface area contributed by atoms with Crippen molar-refractivity contribution in [2.24, 2.45) is 0 Å². The summed E-state index contributed by atoms with van der Waals surface area (Å²) in [4.78, 5) is -0.265. The van der Waals surface area contributed by atoms with E-state index in [0.29, 0.717) is 0 Å². The monoisotopic (exact) mass is 401 g/mol. The Labute approximate surface area is 150 Å². The van der Waals surface area contributed by atoms with Crippen LogP contribution < -0.4 is 4.31 Å². The fraction of sp³-hybridized carbons (Fsp3) is 0.250. The number of rotatable bonds is 4. The Morgan fingerprint density at radius 1 is 1.08 bits per heavy atom. The first-order chi connectivity index (χ1) is 12.1. The maximum atomic E-state index is 13.2. The molecular formula is C16H16FNO6S2. The number of hydrogen-bond donors (Lipinski definition) is 2. The van der Waals surface area contributed by atoms with E-state index >= 15 is 0 Å². The van der Waals surface area contributed by atoms with Crippen molar-refractivity contribution < 1.29 is 31.4 Å². The van der Waals surface area contributed by atoms with Gasteiger partial charge in [0.25, 0.3) is 10.0 Å². The van der Waals surface area contributed by atoms with Gasteiger partial charge in [-0.3, -0.25) is 4.31 Å². The molecule has 1 aliphatic rings. The number of sulfone groups is 1. The highest BCUT2D eigenvalue weighted by molar-refractivity contribution is 7.93. The highest BCUT2D eigenvalue weighted by atomic mass is 32.2. The quantitative estimate of drug-likeness (QED) is 0.787. The van der Waals surface area contributed by atoms with Gasteiger partial charge in [-0.2, -0.15) is 0 Å². The van der Waals surface area contributed by atoms with Crippen LogP contribution in [0.2, 0.25) is 0 Å². The average molecular weight is 401 g/mol. The molecule has 26 heavy (non-hydrogen) atoms. The lowest BCUT2D eigenvalue weighted by Gasteiger charge is -2.31. The number of sulfonamides is 1. The minimum absolute atomic E-state index is 0.00419. The lowest BCUT2D eigenvalue weighted by Crippen LogP contribution is -2.47. The Hall–Kier alpha value is -2.17. The first kappa shape index (κ1) is 18.6. The van der Waals surface area contributed by atoms with Gasteiger partial charge < -0.3 is 10.2 Å². The molecule has 0 aliphatic carbocycles. The van der Waals surface area contributed by atoms with E-state index in [-0.39, 0.29) is 16.3 Å². The van der Waals surface area contributed by atoms with Gasteiger partial charge in [-0.25, -0.2) is 21.2 Å². The van der Waals surface area contributed by atoms with Crippen molar-refractivity contribution in [3.05, 3.63) is 54.3 Å². The largest absolute Gasteiger partial charge is 0.508 e. The molecule has 0 spiro atoms. The van der Waals surface area contributed by atoms with E-state index < -0.39 is 49.3 Å². The summed E-state index contributed by atoms with van der Waals surface area (Å²) in [6, 6.07) is 8.02. The van der Waals surface area contributed by atoms with Crippen LogP contribution in [0.5, 0.6) is 5.75 Å². The van der Waals surface area contributed by atoms with Crippen molar-refractivity contribution in [1.29, 1.82) is 0 Å². The molecule has 0 radical (unpaired) electrons. The molecule has 0 aromatic heterocycles. The molecule has 140 valence electrons. The molecule has 10 heteroatoms. The van der Waals surface area contributed by atoms with Crippen molar-refractivity contribution in [3.8, 4) is 5.75 Å². The van der Waals surface area contributed by atoms with Crippen LogP contribution >= 0.6 is 0 Å². The van der Waals surface area contributed by atoms with Gasteiger partial charge >= 0.3 is 0 Å². The average Bonchev–Trinajstić information content (AvgIpc) is 2.80. The Bertz CT molecular complexity index is 1020. The molecule has 1 heterocycles. The first-order valence-corrected chi connectivity index (χ1v) is 10.8. The van der Waals surface area contributed by atoms with Crippen molar-refractivity contribution in [2.45, 2.75) is 17.0 Å². The smallest absolute Gasteiger partial charge is 0.264 e. The highest BCUT2D eigenvalue weighted by Gasteiger charge is 2.45. The lowest BCUT2D eigenvalue weighted by molar-refractivity contribution is 0.184. The molecular weight excluding hydrogens is 385 g/mol. The van der Waals surface area contributed by atoms with Crippen LogP contribution in [0.1, 0.15) is 0 Å². The van der Waals surface area contributed by atoms with Crippen LogP contribution in [0.4, 0.5) is 10.1 Å². The van der Waals surface area contributed by atoms with Crippen LogP contribution in [0.25, 0.3) is 0 Å². The fourth-order valence-electron chi connectivity index (χ4n) is 2.89. The zero-order valence-corrected chi connectivity index (χ0v) is 15.0. The molecule has 1 saturated heterocycles. The summed E-state index contributed by atoms with van der Waals surface area (Å²) in [5.41, 5.74) is -0.00419. The van der Waals surface area contributed by atoms with Gasteiger partial charge in [0.1, 0.15) is 11.6 Å². The number of phenolic OH excluding ortho intramolecular Hbond substituents is 1. The third-order valence-electron chi connectivity index (χ3n) is 4.05. The van der Waals surface area contributed by atoms with Gasteiger partial charge in [0.05, 0.1) is 34.2 Å². The summed E-state index contributed by atoms with van der Waals surface area (Å²) in [7, 11) is -7.96. The number of aliphatic hydroxyl groups excluding tert-OH is 1. The van der Waals surface area contributed by atoms with Crippen LogP contribution in [0.15, 0.2) is 53.4 Å². The summed E-state index contributed by atoms with van der Waals surface area (Å²) in [5.74, 6) is -1.98. The van der Waals surface area contributed by atoms with Gasteiger partial charge in [0.15, 0.2) is 9.84 Å². The van der Waals surface area contributed by atoms with Crippen LogP contribution in [-0.4, -0.2) is 50.7 Å². The predicted octanol–water partition coefficient (Wildman–Crippen LogP) is 0.885. The van der Waals surface area contributed by atoms with E-state index in [1.807, 2.05) is 0 Å². The second-order valence-corrected chi connectivity index (χ2v) is 9.95. The predicted molar refractivity (Wildman–Crippen MR) is 92.6 cm³/mol. The second kappa shape index (κ2) is 6.53. The highest BCUT2D eigenvalue weighted by Crippen LogP contribution is 2.32. The van der Waals surface area contributed by atoms with Crippen LogP contribution in [0.3, 0.4) is 0 Å². The summed E-state index contributed by atoms with van der Waals surface area (Å²) >= 11 is 0. The van der Waals surface area contributed by atoms with Gasteiger partial charge in [-0.15, -0.1) is 0 Å². The molecule has 1 fully saturated rings. The topological polar surface area (TPSA) is 112 Å². The minimum atomic E-state index is -4.32. The Balaban J connectivity index is 2.16. The maximum Gasteiger partial charge on any atom is 0.264 e. The maximum absolute atomic E-state index is 13.2. The zero-order chi connectivity index (χ0) is 19.1. The lowest BCUT2D eigenvalue weighted by atomic mass is 10.2. The summed E-state index contributed by atoms with van der Waals surface area (Å²) < 4.78 is 63.9. The van der Waals surface area contributed by atoms with Crippen molar-refractivity contribution >= 4 is 25.5 Å². The van der Waals surface area contributed by atoms with E-state index in [1.54, 1.807) is 0 Å². The number of anilines is 1. The number of phenols is 1. The van der Waals surface area contributed by atoms with E-state index in [9.17, 15) is 31.4 Å². The molecule has 2 aromatic rings. The molecule has 2 N–H and O–H groups in total. The third kappa shape index (κ3) is 3.53. The molecule has 0 unspecified atom stereocenters. The third-order valence-corrected chi connectivity index (χ3v) is 7.62. The standard InChI is InChI=1S/C16H16FNO6S2/c17-11-4-6-14(7-5-11)26(23,24)18(12-2-1-3-13(19)8-12)15-9-25(21,22)10-16(15)20/h1-8,15-16,19-20H,9-10H2/t15-,16+/m1/s1.